The molecule has 4 nitrogen and oxygen atoms in total. The molecule has 0 aliphatic carbocycles. The number of hydrogen-bond acceptors (Lipinski definition) is 4. The maximum Gasteiger partial charge on any atom is 0.221 e. The standard InChI is InChI=1S/C14H11BrN4S/c15-11-6-12(20-9-11)7-17-19-8-13(18-14(19)16)10-4-2-1-3-5-10/h1-9H,(H2,16,18)/b17-7+. The van der Waals surface area contributed by atoms with Crippen LogP contribution >= 0.6 is 27.3 Å². The Balaban J connectivity index is 1.88. The Labute approximate surface area is 128 Å². The molecule has 0 fully saturated rings. The number of imidazole rings is 1. The molecule has 0 saturated carbocycles. The smallest absolute Gasteiger partial charge is 0.221 e. The molecule has 0 spiro atoms. The molecule has 0 aliphatic heterocycles. The Morgan fingerprint density at radius 3 is 2.80 bits per heavy atom. The molecule has 0 saturated heterocycles. The molecular formula is C14H11BrN4S. The van der Waals surface area contributed by atoms with Crippen LogP contribution in [0, 0.1) is 0 Å². The van der Waals surface area contributed by atoms with Gasteiger partial charge >= 0.3 is 0 Å². The first-order chi connectivity index (χ1) is 9.72. The highest BCUT2D eigenvalue weighted by molar-refractivity contribution is 9.10. The number of anilines is 1. The van der Waals surface area contributed by atoms with Crippen molar-refractivity contribution in [2.45, 2.75) is 0 Å². The first kappa shape index (κ1) is 13.1. The van der Waals surface area contributed by atoms with E-state index in [1.807, 2.05) is 48.0 Å². The van der Waals surface area contributed by atoms with Crippen molar-refractivity contribution in [3.05, 3.63) is 57.3 Å². The minimum absolute atomic E-state index is 0.371. The summed E-state index contributed by atoms with van der Waals surface area (Å²) in [7, 11) is 0. The Morgan fingerprint density at radius 2 is 2.10 bits per heavy atom. The van der Waals surface area contributed by atoms with Gasteiger partial charge in [-0.15, -0.1) is 11.3 Å². The maximum atomic E-state index is 5.88. The van der Waals surface area contributed by atoms with Gasteiger partial charge in [0, 0.05) is 20.3 Å². The average molecular weight is 347 g/mol. The molecule has 0 bridgehead atoms. The van der Waals surface area contributed by atoms with Crippen LogP contribution in [0.1, 0.15) is 4.88 Å². The highest BCUT2D eigenvalue weighted by Gasteiger charge is 2.05. The molecule has 0 atom stereocenters. The normalized spacial score (nSPS) is 11.2. The fourth-order valence-corrected chi connectivity index (χ4v) is 3.04. The second kappa shape index (κ2) is 5.60. The molecular weight excluding hydrogens is 336 g/mol. The summed E-state index contributed by atoms with van der Waals surface area (Å²) in [4.78, 5) is 5.37. The summed E-state index contributed by atoms with van der Waals surface area (Å²) in [5.41, 5.74) is 7.71. The van der Waals surface area contributed by atoms with E-state index in [2.05, 4.69) is 26.0 Å². The second-order valence-corrected chi connectivity index (χ2v) is 5.97. The second-order valence-electron chi connectivity index (χ2n) is 4.11. The van der Waals surface area contributed by atoms with Gasteiger partial charge in [0.1, 0.15) is 0 Å². The lowest BCUT2D eigenvalue weighted by Crippen LogP contribution is -1.96. The minimum atomic E-state index is 0.371. The topological polar surface area (TPSA) is 56.2 Å². The zero-order valence-electron chi connectivity index (χ0n) is 10.4. The molecule has 2 aromatic heterocycles. The van der Waals surface area contributed by atoms with E-state index in [-0.39, 0.29) is 0 Å². The molecule has 0 radical (unpaired) electrons. The molecule has 1 aromatic carbocycles. The van der Waals surface area contributed by atoms with Crippen molar-refractivity contribution in [1.82, 2.24) is 9.66 Å². The minimum Gasteiger partial charge on any atom is -0.368 e. The van der Waals surface area contributed by atoms with Crippen LogP contribution in [0.4, 0.5) is 5.95 Å². The van der Waals surface area contributed by atoms with Gasteiger partial charge in [0.2, 0.25) is 5.95 Å². The van der Waals surface area contributed by atoms with Gasteiger partial charge in [-0.3, -0.25) is 0 Å². The van der Waals surface area contributed by atoms with Crippen molar-refractivity contribution < 1.29 is 0 Å². The molecule has 2 N–H and O–H groups in total. The summed E-state index contributed by atoms with van der Waals surface area (Å²) in [5.74, 6) is 0.371. The lowest BCUT2D eigenvalue weighted by atomic mass is 10.2. The first-order valence-corrected chi connectivity index (χ1v) is 7.58. The fourth-order valence-electron chi connectivity index (χ4n) is 1.74. The fraction of sp³-hybridized carbons (Fsp3) is 0. The molecule has 0 amide bonds. The number of nitrogens with zero attached hydrogens (tertiary/aromatic N) is 3. The van der Waals surface area contributed by atoms with E-state index in [1.54, 1.807) is 22.2 Å². The van der Waals surface area contributed by atoms with Crippen LogP contribution in [0.5, 0.6) is 0 Å². The van der Waals surface area contributed by atoms with Crippen LogP contribution in [0.3, 0.4) is 0 Å². The van der Waals surface area contributed by atoms with E-state index in [1.165, 1.54) is 0 Å². The average Bonchev–Trinajstić information content (AvgIpc) is 3.04. The highest BCUT2D eigenvalue weighted by atomic mass is 79.9. The molecule has 2 heterocycles. The van der Waals surface area contributed by atoms with Gasteiger partial charge in [-0.1, -0.05) is 30.3 Å². The third-order valence-corrected chi connectivity index (χ3v) is 4.31. The summed E-state index contributed by atoms with van der Waals surface area (Å²) in [6.45, 7) is 0. The molecule has 6 heteroatoms. The number of thiophene rings is 1. The Bertz CT molecular complexity index is 746. The molecule has 3 aromatic rings. The van der Waals surface area contributed by atoms with Gasteiger partial charge in [0.15, 0.2) is 0 Å². The van der Waals surface area contributed by atoms with Crippen LogP contribution in [0.2, 0.25) is 0 Å². The predicted octanol–water partition coefficient (Wildman–Crippen LogP) is 3.84. The van der Waals surface area contributed by atoms with Crippen molar-refractivity contribution in [2.75, 3.05) is 5.73 Å². The predicted molar refractivity (Wildman–Crippen MR) is 87.1 cm³/mol. The quantitative estimate of drug-likeness (QED) is 0.732. The van der Waals surface area contributed by atoms with Gasteiger partial charge < -0.3 is 5.73 Å². The first-order valence-electron chi connectivity index (χ1n) is 5.91. The largest absolute Gasteiger partial charge is 0.368 e. The molecule has 0 unspecified atom stereocenters. The summed E-state index contributed by atoms with van der Waals surface area (Å²) in [6, 6.07) is 11.9. The SMILES string of the molecule is Nc1nc(-c2ccccc2)cn1/N=C/c1cc(Br)cs1. The third kappa shape index (κ3) is 2.81. The van der Waals surface area contributed by atoms with Crippen LogP contribution in [0.15, 0.2) is 57.5 Å². The van der Waals surface area contributed by atoms with Crippen LogP contribution < -0.4 is 5.73 Å². The number of rotatable bonds is 3. The summed E-state index contributed by atoms with van der Waals surface area (Å²) < 4.78 is 2.63. The van der Waals surface area contributed by atoms with Gasteiger partial charge in [-0.25, -0.2) is 9.66 Å². The van der Waals surface area contributed by atoms with Gasteiger partial charge in [0.25, 0.3) is 0 Å². The summed E-state index contributed by atoms with van der Waals surface area (Å²) in [6.07, 6.45) is 3.59. The van der Waals surface area contributed by atoms with Crippen molar-refractivity contribution in [3.63, 3.8) is 0 Å². The van der Waals surface area contributed by atoms with Crippen molar-refractivity contribution in [2.24, 2.45) is 5.10 Å². The molecule has 20 heavy (non-hydrogen) atoms. The van der Waals surface area contributed by atoms with Crippen LogP contribution in [-0.4, -0.2) is 15.9 Å². The van der Waals surface area contributed by atoms with Crippen molar-refractivity contribution in [3.8, 4) is 11.3 Å². The van der Waals surface area contributed by atoms with E-state index in [9.17, 15) is 0 Å². The van der Waals surface area contributed by atoms with Crippen molar-refractivity contribution in [1.29, 1.82) is 0 Å². The number of aromatic nitrogens is 2. The number of nitrogen functional groups attached to an aromatic ring is 1. The highest BCUT2D eigenvalue weighted by Crippen LogP contribution is 2.20. The number of hydrogen-bond donors (Lipinski definition) is 1. The lowest BCUT2D eigenvalue weighted by Gasteiger charge is -1.93. The molecule has 3 rings (SSSR count). The van der Waals surface area contributed by atoms with Gasteiger partial charge in [-0.2, -0.15) is 5.10 Å². The van der Waals surface area contributed by atoms with E-state index in [0.717, 1.165) is 20.6 Å². The zero-order valence-corrected chi connectivity index (χ0v) is 12.8. The van der Waals surface area contributed by atoms with Crippen molar-refractivity contribution >= 4 is 39.4 Å². The Hall–Kier alpha value is -1.92. The van der Waals surface area contributed by atoms with E-state index in [4.69, 9.17) is 5.73 Å². The Morgan fingerprint density at radius 1 is 1.30 bits per heavy atom. The molecule has 0 aliphatic rings. The van der Waals surface area contributed by atoms with E-state index in [0.29, 0.717) is 5.95 Å². The Kier molecular flexibility index (Phi) is 3.66. The maximum absolute atomic E-state index is 5.88. The number of halogens is 1. The summed E-state index contributed by atoms with van der Waals surface area (Å²) in [5, 5.41) is 6.34. The monoisotopic (exact) mass is 346 g/mol. The molecule has 100 valence electrons. The van der Waals surface area contributed by atoms with E-state index < -0.39 is 0 Å². The van der Waals surface area contributed by atoms with Gasteiger partial charge in [0.05, 0.1) is 18.1 Å². The lowest BCUT2D eigenvalue weighted by molar-refractivity contribution is 0.898. The summed E-state index contributed by atoms with van der Waals surface area (Å²) >= 11 is 5.02. The van der Waals surface area contributed by atoms with Crippen LogP contribution in [0.25, 0.3) is 11.3 Å². The van der Waals surface area contributed by atoms with Crippen LogP contribution in [-0.2, 0) is 0 Å². The van der Waals surface area contributed by atoms with E-state index >= 15 is 0 Å². The number of nitrogens with two attached hydrogens (primary N) is 1. The number of benzene rings is 1. The van der Waals surface area contributed by atoms with Gasteiger partial charge in [-0.05, 0) is 22.0 Å². The third-order valence-electron chi connectivity index (χ3n) is 2.68. The zero-order chi connectivity index (χ0) is 13.9.